The number of nitrogens with one attached hydrogen (secondary N) is 1. The van der Waals surface area contributed by atoms with Gasteiger partial charge in [-0.05, 0) is 35.4 Å². The molecule has 2 aromatic rings. The minimum Gasteiger partial charge on any atom is -0.395 e. The van der Waals surface area contributed by atoms with Gasteiger partial charge in [0.05, 0.1) is 33.7 Å². The molecule has 0 fully saturated rings. The lowest BCUT2D eigenvalue weighted by atomic mass is 10.0. The van der Waals surface area contributed by atoms with Gasteiger partial charge >= 0.3 is 0 Å². The predicted molar refractivity (Wildman–Crippen MR) is 92.2 cm³/mol. The van der Waals surface area contributed by atoms with Gasteiger partial charge in [0.2, 0.25) is 0 Å². The van der Waals surface area contributed by atoms with E-state index in [1.807, 2.05) is 0 Å². The summed E-state index contributed by atoms with van der Waals surface area (Å²) >= 11 is 11.8. The average molecular weight is 371 g/mol. The van der Waals surface area contributed by atoms with Gasteiger partial charge < -0.3 is 15.5 Å². The molecular formula is C16H16Cl2N2O4. The van der Waals surface area contributed by atoms with Crippen molar-refractivity contribution in [1.82, 2.24) is 5.32 Å². The maximum Gasteiger partial charge on any atom is 0.269 e. The third-order valence-corrected chi connectivity index (χ3v) is 4.31. The maximum absolute atomic E-state index is 10.7. The zero-order chi connectivity index (χ0) is 17.7. The highest BCUT2D eigenvalue weighted by Gasteiger charge is 2.20. The minimum atomic E-state index is -1.02. The first kappa shape index (κ1) is 18.6. The summed E-state index contributed by atoms with van der Waals surface area (Å²) in [6, 6.07) is 10.1. The van der Waals surface area contributed by atoms with E-state index in [-0.39, 0.29) is 12.3 Å². The van der Waals surface area contributed by atoms with E-state index in [4.69, 9.17) is 23.2 Å². The molecule has 0 aromatic heterocycles. The monoisotopic (exact) mass is 370 g/mol. The first-order valence-corrected chi connectivity index (χ1v) is 7.88. The van der Waals surface area contributed by atoms with Crippen LogP contribution in [0.15, 0.2) is 42.5 Å². The van der Waals surface area contributed by atoms with E-state index in [9.17, 15) is 20.3 Å². The van der Waals surface area contributed by atoms with Gasteiger partial charge in [-0.1, -0.05) is 29.3 Å². The number of halogens is 2. The first-order valence-electron chi connectivity index (χ1n) is 7.13. The van der Waals surface area contributed by atoms with Crippen LogP contribution in [-0.2, 0) is 6.54 Å². The summed E-state index contributed by atoms with van der Waals surface area (Å²) < 4.78 is 0. The van der Waals surface area contributed by atoms with Gasteiger partial charge in [-0.25, -0.2) is 0 Å². The molecule has 8 heteroatoms. The molecule has 0 heterocycles. The number of nitro benzene ring substituents is 1. The van der Waals surface area contributed by atoms with E-state index in [2.05, 4.69) is 5.32 Å². The fraction of sp³-hybridized carbons (Fsp3) is 0.250. The van der Waals surface area contributed by atoms with E-state index in [0.29, 0.717) is 22.2 Å². The van der Waals surface area contributed by atoms with Crippen LogP contribution < -0.4 is 5.32 Å². The molecule has 2 atom stereocenters. The van der Waals surface area contributed by atoms with Crippen molar-refractivity contribution in [1.29, 1.82) is 0 Å². The van der Waals surface area contributed by atoms with Gasteiger partial charge in [0.15, 0.2) is 0 Å². The Morgan fingerprint density at radius 1 is 1.12 bits per heavy atom. The number of nitro groups is 1. The second-order valence-electron chi connectivity index (χ2n) is 5.21. The average Bonchev–Trinajstić information content (AvgIpc) is 2.58. The molecule has 0 bridgehead atoms. The SMILES string of the molecule is O=[N+]([O-])c1ccc([C@H](O)[C@H](CO)NCc2ccc(Cl)c(Cl)c2)cc1. The highest BCUT2D eigenvalue weighted by molar-refractivity contribution is 6.42. The molecule has 0 aliphatic heterocycles. The number of hydrogen-bond acceptors (Lipinski definition) is 5. The summed E-state index contributed by atoms with van der Waals surface area (Å²) in [7, 11) is 0. The second-order valence-corrected chi connectivity index (χ2v) is 6.03. The number of nitrogens with zero attached hydrogens (tertiary/aromatic N) is 1. The van der Waals surface area contributed by atoms with Crippen molar-refractivity contribution in [3.63, 3.8) is 0 Å². The van der Waals surface area contributed by atoms with E-state index in [1.165, 1.54) is 24.3 Å². The normalized spacial score (nSPS) is 13.5. The molecule has 0 unspecified atom stereocenters. The zero-order valence-corrected chi connectivity index (χ0v) is 14.0. The van der Waals surface area contributed by atoms with Crippen molar-refractivity contribution in [2.24, 2.45) is 0 Å². The van der Waals surface area contributed by atoms with Crippen LogP contribution in [0, 0.1) is 10.1 Å². The summed E-state index contributed by atoms with van der Waals surface area (Å²) in [5, 5.41) is 34.4. The van der Waals surface area contributed by atoms with Crippen LogP contribution in [-0.4, -0.2) is 27.8 Å². The van der Waals surface area contributed by atoms with E-state index < -0.39 is 17.1 Å². The Kier molecular flexibility index (Phi) is 6.53. The molecule has 0 aliphatic carbocycles. The minimum absolute atomic E-state index is 0.0599. The van der Waals surface area contributed by atoms with Gasteiger partial charge in [0, 0.05) is 18.7 Å². The number of aliphatic hydroxyl groups excluding tert-OH is 2. The standard InChI is InChI=1S/C16H16Cl2N2O4/c17-13-6-1-10(7-14(13)18)8-19-15(9-21)16(22)11-2-4-12(5-3-11)20(23)24/h1-7,15-16,19,21-22H,8-9H2/t15-,16-/m0/s1. The summed E-state index contributed by atoms with van der Waals surface area (Å²) in [4.78, 5) is 10.1. The van der Waals surface area contributed by atoms with Gasteiger partial charge in [-0.3, -0.25) is 10.1 Å². The van der Waals surface area contributed by atoms with Crippen LogP contribution in [0.4, 0.5) is 5.69 Å². The molecule has 2 aromatic carbocycles. The molecule has 0 aliphatic rings. The Labute approximate surface area is 148 Å². The number of rotatable bonds is 7. The van der Waals surface area contributed by atoms with Crippen LogP contribution in [0.2, 0.25) is 10.0 Å². The van der Waals surface area contributed by atoms with Gasteiger partial charge in [0.1, 0.15) is 0 Å². The molecule has 128 valence electrons. The van der Waals surface area contributed by atoms with Crippen LogP contribution in [0.1, 0.15) is 17.2 Å². The van der Waals surface area contributed by atoms with Crippen molar-refractivity contribution in [2.75, 3.05) is 6.61 Å². The van der Waals surface area contributed by atoms with Crippen LogP contribution in [0.5, 0.6) is 0 Å². The molecule has 0 amide bonds. The van der Waals surface area contributed by atoms with Crippen molar-refractivity contribution in [2.45, 2.75) is 18.7 Å². The van der Waals surface area contributed by atoms with Crippen molar-refractivity contribution >= 4 is 28.9 Å². The molecule has 0 saturated carbocycles. The number of benzene rings is 2. The van der Waals surface area contributed by atoms with Crippen LogP contribution in [0.3, 0.4) is 0 Å². The third-order valence-electron chi connectivity index (χ3n) is 3.58. The summed E-state index contributed by atoms with van der Waals surface area (Å²) in [5.74, 6) is 0. The zero-order valence-electron chi connectivity index (χ0n) is 12.5. The van der Waals surface area contributed by atoms with E-state index >= 15 is 0 Å². The molecule has 0 saturated heterocycles. The third kappa shape index (κ3) is 4.66. The number of aliphatic hydroxyl groups is 2. The Morgan fingerprint density at radius 3 is 2.33 bits per heavy atom. The summed E-state index contributed by atoms with van der Waals surface area (Å²) in [6.45, 7) is 0.0611. The number of non-ortho nitro benzene ring substituents is 1. The van der Waals surface area contributed by atoms with Crippen molar-refractivity contribution in [3.05, 3.63) is 73.8 Å². The fourth-order valence-electron chi connectivity index (χ4n) is 2.20. The Balaban J connectivity index is 2.03. The molecule has 3 N–H and O–H groups in total. The Hall–Kier alpha value is -1.70. The van der Waals surface area contributed by atoms with Crippen molar-refractivity contribution in [3.8, 4) is 0 Å². The van der Waals surface area contributed by atoms with Gasteiger partial charge in [0.25, 0.3) is 5.69 Å². The highest BCUT2D eigenvalue weighted by Crippen LogP contribution is 2.23. The lowest BCUT2D eigenvalue weighted by molar-refractivity contribution is -0.384. The Morgan fingerprint density at radius 2 is 1.79 bits per heavy atom. The highest BCUT2D eigenvalue weighted by atomic mass is 35.5. The smallest absolute Gasteiger partial charge is 0.269 e. The van der Waals surface area contributed by atoms with Gasteiger partial charge in [-0.2, -0.15) is 0 Å². The lowest BCUT2D eigenvalue weighted by Gasteiger charge is -2.22. The second kappa shape index (κ2) is 8.41. The summed E-state index contributed by atoms with van der Waals surface area (Å²) in [6.07, 6.45) is -1.02. The Bertz CT molecular complexity index is 710. The first-order chi connectivity index (χ1) is 11.4. The maximum atomic E-state index is 10.7. The van der Waals surface area contributed by atoms with Gasteiger partial charge in [-0.15, -0.1) is 0 Å². The number of hydrogen-bond donors (Lipinski definition) is 3. The molecule has 24 heavy (non-hydrogen) atoms. The van der Waals surface area contributed by atoms with Crippen LogP contribution >= 0.6 is 23.2 Å². The van der Waals surface area contributed by atoms with E-state index in [1.54, 1.807) is 18.2 Å². The summed E-state index contributed by atoms with van der Waals surface area (Å²) in [5.41, 5.74) is 1.26. The van der Waals surface area contributed by atoms with E-state index in [0.717, 1.165) is 5.56 Å². The van der Waals surface area contributed by atoms with Crippen molar-refractivity contribution < 1.29 is 15.1 Å². The molecule has 2 rings (SSSR count). The fourth-order valence-corrected chi connectivity index (χ4v) is 2.52. The quantitative estimate of drug-likeness (QED) is 0.514. The molecule has 0 spiro atoms. The topological polar surface area (TPSA) is 95.6 Å². The molecule has 6 nitrogen and oxygen atoms in total. The molecule has 0 radical (unpaired) electrons. The predicted octanol–water partition coefficient (Wildman–Crippen LogP) is 3.09. The van der Waals surface area contributed by atoms with Crippen LogP contribution in [0.25, 0.3) is 0 Å². The lowest BCUT2D eigenvalue weighted by Crippen LogP contribution is -2.37. The largest absolute Gasteiger partial charge is 0.395 e. The molecular weight excluding hydrogens is 355 g/mol.